The van der Waals surface area contributed by atoms with E-state index < -0.39 is 0 Å². The predicted octanol–water partition coefficient (Wildman–Crippen LogP) is 21.7. The molecule has 19 heterocycles. The van der Waals surface area contributed by atoms with Crippen LogP contribution in [-0.2, 0) is 29.1 Å². The van der Waals surface area contributed by atoms with Crippen LogP contribution in [0.1, 0.15) is 317 Å². The number of ether oxygens (including phenoxy) is 2. The Balaban J connectivity index is 0.000000525. The second-order valence-corrected chi connectivity index (χ2v) is 49.2. The second kappa shape index (κ2) is 91.0. The second-order valence-electron chi connectivity index (χ2n) is 46.0. The maximum atomic E-state index is 5.25. The van der Waals surface area contributed by atoms with Crippen LogP contribution in [0.5, 0.6) is 0 Å². The van der Waals surface area contributed by atoms with Crippen molar-refractivity contribution >= 4 is 34.9 Å². The summed E-state index contributed by atoms with van der Waals surface area (Å²) in [5.74, 6) is 6.53. The summed E-state index contributed by atoms with van der Waals surface area (Å²) in [5, 5.41) is 5.38. The van der Waals surface area contributed by atoms with Crippen LogP contribution >= 0.6 is 34.9 Å². The van der Waals surface area contributed by atoms with Crippen LogP contribution in [0, 0.1) is 5.92 Å². The number of aryl methyl sites for hydroxylation is 3. The van der Waals surface area contributed by atoms with Crippen molar-refractivity contribution in [2.75, 3.05) is 386 Å². The molecule has 0 amide bonds. The summed E-state index contributed by atoms with van der Waals surface area (Å²) in [5.41, 5.74) is 2.10. The number of thioether (sulfide) groups is 2. The van der Waals surface area contributed by atoms with Gasteiger partial charge in [-0.15, -0.1) is 0 Å². The number of morpholine rings is 2. The number of nitrogens with one attached hydrogen (secondary N) is 1. The van der Waals surface area contributed by atoms with Crippen molar-refractivity contribution in [3.8, 4) is 0 Å². The van der Waals surface area contributed by atoms with E-state index in [2.05, 4.69) is 267 Å². The highest BCUT2D eigenvalue weighted by Gasteiger charge is 2.38. The van der Waals surface area contributed by atoms with E-state index in [1.54, 1.807) is 23.9 Å². The summed E-state index contributed by atoms with van der Waals surface area (Å²) in [6.07, 6.45) is 56.8. The molecule has 0 radical (unpaired) electrons. The maximum absolute atomic E-state index is 5.25. The standard InChI is InChI=1S/C10H22N.C9H18N.C9H20N.C9H19N.C8H18N.C8H17N.C7H16NO.C7H16NS.C7H16N.C7H15N.C7H10N.C6H14N2.C6H13NO.C6H13NS.C6H13N.C5H8N2.C5H8NS/c1-3-11(2)9-7-5-4-6-8-10-11;1-2-10-6-3-9(4-7-10)5-8-10;1-3-10(2)8-6-4-5-7-9-10;1-2-10-8-6-4-3-5-7-9-10;1-3-9(2)7-5-4-6-8-9;1-2-9-7-5-3-4-6-8-9;2*1-3-8(2)4-6-9-7-5-8;1-3-8(2)6-4-5-7-8;2*1-2-8-6-4-3-5-7-8;1-2-8-5-3-7-4-6-8;2*1-2-7-3-5-8-6-4-7;1-2-7-5-3-4-6-7;1-2-7-4-3-6-5-7;1-2-6-3-4-7-5-6/h3-10H2,1-2H3;9H,2-8H2,1H3;3-9H2,1-2H3;2-9H2,1H3;3-8H2,1-2H3;2-8H2,1H3;2*3-7H2,1-2H3;3-7H2,1-2H3;2-7H2,1H3;3-7H,2H2,1H3;7H,2-6H2,1H3;2*2-6H2,1H3;2-6H2,1H3;2*3-5H,2H2,1H3/q3*+1;;+1;;3*+1;;+1;;;;;;+1. The van der Waals surface area contributed by atoms with Crippen LogP contribution in [0.4, 0.5) is 0 Å². The lowest BCUT2D eigenvalue weighted by atomic mass is 9.86. The Morgan fingerprint density at radius 1 is 0.288 bits per heavy atom. The first-order chi connectivity index (χ1) is 70.8. The number of likely N-dealkylation sites (N-methyl/N-ethyl adjacent to an activating group) is 3. The van der Waals surface area contributed by atoms with E-state index in [0.717, 1.165) is 65.1 Å². The molecular formula is C122H256N19O2S3+9. The largest absolute Gasteiger partial charge is 0.379 e. The molecule has 860 valence electrons. The molecule has 16 aliphatic rings. The Morgan fingerprint density at radius 3 is 0.842 bits per heavy atom. The molecule has 3 aromatic heterocycles. The van der Waals surface area contributed by atoms with Crippen LogP contribution in [0.25, 0.3) is 0 Å². The molecule has 16 fully saturated rings. The monoisotopic (exact) mass is 2120 g/mol. The lowest BCUT2D eigenvalue weighted by molar-refractivity contribution is -0.941. The first kappa shape index (κ1) is 140. The Morgan fingerprint density at radius 2 is 0.582 bits per heavy atom. The molecule has 19 rings (SSSR count). The zero-order chi connectivity index (χ0) is 107. The number of fused-ring (bicyclic) bond motifs is 3. The van der Waals surface area contributed by atoms with Gasteiger partial charge in [-0.2, -0.15) is 28.1 Å². The summed E-state index contributed by atoms with van der Waals surface area (Å²) < 4.78 is 25.9. The number of likely N-dealkylation sites (tertiary alicyclic amines) is 8. The van der Waals surface area contributed by atoms with Gasteiger partial charge in [0.2, 0.25) is 5.51 Å². The SMILES string of the molecule is CCN1CCCC1.CCN1CCCCC1.CCN1CCCCCC1.CCN1CCCCCCC1.CCN1CCNCC1.CCN1CCOCC1.CCN1CCSCC1.CC[N+]1(C)CCCC1.CC[N+]1(C)CCCCC1.CC[N+]1(C)CCCCCC1.CC[N+]1(C)CCCCCCC1.CC[N+]1(C)CCOCC1.CC[N+]1(C)CCSCC1.CC[N+]12CCC(CC1)CC2.CC[n+]1ccccc1.CC[n+]1ccsc1.CCn1ccnc1. The lowest BCUT2D eigenvalue weighted by Gasteiger charge is -2.48. The summed E-state index contributed by atoms with van der Waals surface area (Å²) in [4.78, 5) is 21.3. The van der Waals surface area contributed by atoms with E-state index in [-0.39, 0.29) is 0 Å². The molecule has 3 aromatic rings. The first-order valence-electron chi connectivity index (χ1n) is 62.5. The number of rotatable bonds is 17. The van der Waals surface area contributed by atoms with Gasteiger partial charge in [-0.05, 0) is 315 Å². The van der Waals surface area contributed by atoms with E-state index in [9.17, 15) is 0 Å². The number of hydrogen-bond donors (Lipinski definition) is 1. The molecule has 0 atom stereocenters. The Hall–Kier alpha value is -1.99. The normalized spacial score (nSPS) is 23.9. The van der Waals surface area contributed by atoms with Gasteiger partial charge in [0.05, 0.1) is 211 Å². The molecule has 2 bridgehead atoms. The zero-order valence-electron chi connectivity index (χ0n) is 102. The third-order valence-electron chi connectivity index (χ3n) is 35.3. The predicted molar refractivity (Wildman–Crippen MR) is 645 cm³/mol. The maximum Gasteiger partial charge on any atom is 0.224 e. The molecule has 0 spiro atoms. The first-order valence-corrected chi connectivity index (χ1v) is 65.8. The molecular weight excluding hydrogens is 1860 g/mol. The third-order valence-corrected chi connectivity index (χ3v) is 37.8. The van der Waals surface area contributed by atoms with Crippen LogP contribution < -0.4 is 14.5 Å². The van der Waals surface area contributed by atoms with E-state index in [1.807, 2.05) is 29.0 Å². The number of nitrogens with zero attached hydrogens (tertiary/aromatic N) is 18. The summed E-state index contributed by atoms with van der Waals surface area (Å²) >= 11 is 5.90. The molecule has 16 saturated heterocycles. The van der Waals surface area contributed by atoms with Crippen LogP contribution in [0.15, 0.2) is 66.4 Å². The van der Waals surface area contributed by atoms with Gasteiger partial charge in [0.15, 0.2) is 18.6 Å². The van der Waals surface area contributed by atoms with Crippen LogP contribution in [-0.4, -0.2) is 461 Å². The van der Waals surface area contributed by atoms with Crippen molar-refractivity contribution in [1.29, 1.82) is 0 Å². The van der Waals surface area contributed by atoms with Crippen molar-refractivity contribution in [3.05, 3.63) is 66.4 Å². The fraction of sp³-hybridized carbons (Fsp3) is 0.910. The van der Waals surface area contributed by atoms with Gasteiger partial charge >= 0.3 is 0 Å². The summed E-state index contributed by atoms with van der Waals surface area (Å²) in [6, 6.07) is 6.08. The minimum atomic E-state index is 0.924. The Labute approximate surface area is 922 Å². The van der Waals surface area contributed by atoms with Crippen molar-refractivity contribution in [2.24, 2.45) is 5.92 Å². The molecule has 24 heteroatoms. The summed E-state index contributed by atoms with van der Waals surface area (Å²) in [6.45, 7) is 104. The number of piperazine rings is 1. The third kappa shape index (κ3) is 71.3. The van der Waals surface area contributed by atoms with Gasteiger partial charge in [-0.3, -0.25) is 4.90 Å². The van der Waals surface area contributed by atoms with E-state index in [4.69, 9.17) is 9.47 Å². The fourth-order valence-corrected chi connectivity index (χ4v) is 24.4. The smallest absolute Gasteiger partial charge is 0.224 e. The van der Waals surface area contributed by atoms with Crippen molar-refractivity contribution in [1.82, 2.24) is 49.2 Å². The molecule has 0 aromatic carbocycles. The highest BCUT2D eigenvalue weighted by Crippen LogP contribution is 2.33. The number of imidazole rings is 1. The van der Waals surface area contributed by atoms with Gasteiger partial charge < -0.3 is 80.1 Å². The van der Waals surface area contributed by atoms with Crippen LogP contribution in [0.2, 0.25) is 0 Å². The summed E-state index contributed by atoms with van der Waals surface area (Å²) in [7, 11) is 14.2. The number of quaternary nitrogens is 7. The highest BCUT2D eigenvalue weighted by atomic mass is 32.2. The molecule has 1 N–H and O–H groups in total. The van der Waals surface area contributed by atoms with Crippen LogP contribution in [0.3, 0.4) is 0 Å². The molecule has 0 unspecified atom stereocenters. The van der Waals surface area contributed by atoms with Gasteiger partial charge in [-0.1, -0.05) is 111 Å². The van der Waals surface area contributed by atoms with E-state index in [1.165, 1.54) is 535 Å². The average molecular weight is 2120 g/mol. The minimum Gasteiger partial charge on any atom is -0.379 e. The Bertz CT molecular complexity index is 2970. The van der Waals surface area contributed by atoms with Gasteiger partial charge in [0.1, 0.15) is 26.2 Å². The number of pyridine rings is 1. The average Bonchev–Trinajstić information content (AvgIpc) is 0.866. The topological polar surface area (TPSA) is 78.8 Å². The van der Waals surface area contributed by atoms with Gasteiger partial charge in [0.25, 0.3) is 0 Å². The van der Waals surface area contributed by atoms with Crippen molar-refractivity contribution < 1.29 is 50.0 Å². The molecule has 21 nitrogen and oxygen atoms in total. The molecule has 0 aliphatic carbocycles. The minimum absolute atomic E-state index is 0.924. The zero-order valence-corrected chi connectivity index (χ0v) is 104. The Kier molecular flexibility index (Phi) is 87.3. The quantitative estimate of drug-likeness (QED) is 0.103. The van der Waals surface area contributed by atoms with E-state index >= 15 is 0 Å². The molecule has 16 aliphatic heterocycles. The van der Waals surface area contributed by atoms with E-state index in [0.29, 0.717) is 0 Å². The number of aromatic nitrogens is 4. The highest BCUT2D eigenvalue weighted by molar-refractivity contribution is 7.99. The number of piperidine rings is 5. The van der Waals surface area contributed by atoms with Gasteiger partial charge in [0, 0.05) is 119 Å². The number of thiazole rings is 1. The van der Waals surface area contributed by atoms with Crippen molar-refractivity contribution in [2.45, 2.75) is 336 Å². The van der Waals surface area contributed by atoms with Crippen molar-refractivity contribution in [3.63, 3.8) is 0 Å². The number of hydrogen-bond acceptors (Lipinski definition) is 14. The molecule has 0 saturated carbocycles. The molecule has 146 heavy (non-hydrogen) atoms. The lowest BCUT2D eigenvalue weighted by Crippen LogP contribution is -2.57. The fourth-order valence-electron chi connectivity index (χ4n) is 21.4. The van der Waals surface area contributed by atoms with Gasteiger partial charge in [-0.25, -0.2) is 9.55 Å².